The van der Waals surface area contributed by atoms with E-state index in [1.807, 2.05) is 13.8 Å². The fourth-order valence-corrected chi connectivity index (χ4v) is 1.29. The predicted octanol–water partition coefficient (Wildman–Crippen LogP) is 2.22. The van der Waals surface area contributed by atoms with Crippen LogP contribution in [-0.2, 0) is 9.09 Å². The van der Waals surface area contributed by atoms with Gasteiger partial charge in [-0.2, -0.15) is 0 Å². The van der Waals surface area contributed by atoms with Crippen molar-refractivity contribution in [2.45, 2.75) is 20.3 Å². The molecule has 0 spiro atoms. The van der Waals surface area contributed by atoms with Crippen molar-refractivity contribution in [2.75, 3.05) is 0 Å². The highest BCUT2D eigenvalue weighted by atomic mass is 35.5. The number of phosphoric acid groups is 1. The van der Waals surface area contributed by atoms with Crippen LogP contribution in [0.2, 0.25) is 0 Å². The topological polar surface area (TPSA) is 66.8 Å². The van der Waals surface area contributed by atoms with E-state index in [0.717, 1.165) is 5.54 Å². The molecule has 0 amide bonds. The fraction of sp³-hybridized carbons (Fsp3) is 0.667. The normalized spacial score (nSPS) is 13.7. The summed E-state index contributed by atoms with van der Waals surface area (Å²) in [6.45, 7) is 3.78. The van der Waals surface area contributed by atoms with Gasteiger partial charge in [-0.3, -0.25) is 9.79 Å². The Hall–Kier alpha value is -0.0200. The van der Waals surface area contributed by atoms with Crippen LogP contribution >= 0.6 is 19.4 Å². The molecule has 0 rings (SSSR count). The zero-order chi connectivity index (χ0) is 9.78. The quantitative estimate of drug-likeness (QED) is 0.556. The molecular formula is C6H12ClO4P. The highest BCUT2D eigenvalue weighted by Crippen LogP contribution is 2.40. The first-order chi connectivity index (χ1) is 5.35. The van der Waals surface area contributed by atoms with Crippen LogP contribution in [0.3, 0.4) is 0 Å². The number of halogens is 1. The lowest BCUT2D eigenvalue weighted by Crippen LogP contribution is -1.95. The standard InChI is InChI=1S/C6H12ClO4P/c1-5(2)3-6(4-7)11-12(8,9)10/h4-5H,3H2,1-2H3,(H2,8,9,10). The van der Waals surface area contributed by atoms with E-state index in [1.54, 1.807) is 0 Å². The highest BCUT2D eigenvalue weighted by molar-refractivity contribution is 7.46. The summed E-state index contributed by atoms with van der Waals surface area (Å²) in [6.07, 6.45) is 0.411. The molecule has 0 saturated carbocycles. The van der Waals surface area contributed by atoms with Crippen LogP contribution < -0.4 is 0 Å². The highest BCUT2D eigenvalue weighted by Gasteiger charge is 2.17. The van der Waals surface area contributed by atoms with Crippen LogP contribution in [0.25, 0.3) is 0 Å². The molecular weight excluding hydrogens is 202 g/mol. The van der Waals surface area contributed by atoms with Crippen molar-refractivity contribution in [1.82, 2.24) is 0 Å². The number of phosphoric ester groups is 1. The zero-order valence-corrected chi connectivity index (χ0v) is 8.55. The summed E-state index contributed by atoms with van der Waals surface area (Å²) in [6, 6.07) is 0. The molecule has 0 aromatic carbocycles. The third-order valence-corrected chi connectivity index (χ3v) is 1.68. The molecule has 0 fully saturated rings. The van der Waals surface area contributed by atoms with Crippen molar-refractivity contribution in [3.05, 3.63) is 11.3 Å². The van der Waals surface area contributed by atoms with Gasteiger partial charge in [-0.1, -0.05) is 25.4 Å². The van der Waals surface area contributed by atoms with Gasteiger partial charge in [0.2, 0.25) is 0 Å². The number of rotatable bonds is 4. The van der Waals surface area contributed by atoms with Gasteiger partial charge in [0.05, 0.1) is 0 Å². The van der Waals surface area contributed by atoms with E-state index in [0.29, 0.717) is 6.42 Å². The Kier molecular flexibility index (Phi) is 4.87. The monoisotopic (exact) mass is 214 g/mol. The van der Waals surface area contributed by atoms with Gasteiger partial charge in [-0.25, -0.2) is 4.57 Å². The Labute approximate surface area is 76.4 Å². The summed E-state index contributed by atoms with van der Waals surface area (Å²) in [5.41, 5.74) is 1.04. The molecule has 0 aromatic heterocycles. The molecule has 6 heteroatoms. The Morgan fingerprint density at radius 1 is 1.67 bits per heavy atom. The maximum atomic E-state index is 10.4. The second-order valence-corrected chi connectivity index (χ2v) is 4.14. The van der Waals surface area contributed by atoms with Gasteiger partial charge in [0.25, 0.3) is 0 Å². The summed E-state index contributed by atoms with van der Waals surface area (Å²) in [7, 11) is -4.45. The zero-order valence-electron chi connectivity index (χ0n) is 6.90. The molecule has 0 heterocycles. The smallest absolute Gasteiger partial charge is 0.408 e. The van der Waals surface area contributed by atoms with Crippen LogP contribution in [0.4, 0.5) is 0 Å². The summed E-state index contributed by atoms with van der Waals surface area (Å²) >= 11 is 5.29. The third-order valence-electron chi connectivity index (χ3n) is 0.967. The lowest BCUT2D eigenvalue weighted by Gasteiger charge is -2.11. The molecule has 0 saturated heterocycles. The van der Waals surface area contributed by atoms with Gasteiger partial charge in [0.15, 0.2) is 0 Å². The van der Waals surface area contributed by atoms with Gasteiger partial charge in [-0.15, -0.1) is 0 Å². The van der Waals surface area contributed by atoms with Crippen molar-refractivity contribution in [3.8, 4) is 0 Å². The Morgan fingerprint density at radius 2 is 2.17 bits per heavy atom. The molecule has 0 aliphatic rings. The molecule has 2 N–H and O–H groups in total. The van der Waals surface area contributed by atoms with Crippen molar-refractivity contribution in [1.29, 1.82) is 0 Å². The molecule has 0 aliphatic carbocycles. The fourth-order valence-electron chi connectivity index (χ4n) is 0.657. The van der Waals surface area contributed by atoms with Gasteiger partial charge >= 0.3 is 7.82 Å². The number of hydrogen-bond donors (Lipinski definition) is 2. The Morgan fingerprint density at radius 3 is 2.42 bits per heavy atom. The second-order valence-electron chi connectivity index (χ2n) is 2.76. The predicted molar refractivity (Wildman–Crippen MR) is 46.5 cm³/mol. The van der Waals surface area contributed by atoms with E-state index in [2.05, 4.69) is 4.52 Å². The SMILES string of the molecule is CC(C)CC(=CCl)OP(=O)(O)O. The molecule has 0 unspecified atom stereocenters. The van der Waals surface area contributed by atoms with Gasteiger partial charge < -0.3 is 4.52 Å². The molecule has 0 bridgehead atoms. The van der Waals surface area contributed by atoms with Crippen LogP contribution in [0.5, 0.6) is 0 Å². The van der Waals surface area contributed by atoms with Crippen molar-refractivity contribution < 1.29 is 18.9 Å². The molecule has 0 aliphatic heterocycles. The van der Waals surface area contributed by atoms with Crippen LogP contribution in [0.1, 0.15) is 20.3 Å². The third kappa shape index (κ3) is 6.68. The van der Waals surface area contributed by atoms with Crippen molar-refractivity contribution >= 4 is 19.4 Å². The minimum Gasteiger partial charge on any atom is -0.408 e. The molecule has 0 aromatic rings. The summed E-state index contributed by atoms with van der Waals surface area (Å²) < 4.78 is 14.6. The minimum atomic E-state index is -4.45. The summed E-state index contributed by atoms with van der Waals surface area (Å²) in [4.78, 5) is 16.8. The van der Waals surface area contributed by atoms with E-state index in [9.17, 15) is 4.57 Å². The van der Waals surface area contributed by atoms with E-state index >= 15 is 0 Å². The Bertz CT molecular complexity index is 208. The largest absolute Gasteiger partial charge is 0.524 e. The van der Waals surface area contributed by atoms with E-state index in [1.165, 1.54) is 0 Å². The van der Waals surface area contributed by atoms with Gasteiger partial charge in [-0.05, 0) is 5.92 Å². The lowest BCUT2D eigenvalue weighted by molar-refractivity contribution is 0.233. The first-order valence-electron chi connectivity index (χ1n) is 3.39. The van der Waals surface area contributed by atoms with Gasteiger partial charge in [0.1, 0.15) is 5.76 Å². The van der Waals surface area contributed by atoms with Crippen LogP contribution in [-0.4, -0.2) is 9.79 Å². The first kappa shape index (κ1) is 12.0. The van der Waals surface area contributed by atoms with E-state index < -0.39 is 7.82 Å². The molecule has 0 radical (unpaired) electrons. The molecule has 72 valence electrons. The van der Waals surface area contributed by atoms with E-state index in [4.69, 9.17) is 21.4 Å². The summed E-state index contributed by atoms with van der Waals surface area (Å²) in [5, 5.41) is 0. The average Bonchev–Trinajstić information content (AvgIpc) is 1.82. The minimum absolute atomic E-state index is 0.111. The second kappa shape index (κ2) is 4.87. The molecule has 4 nitrogen and oxygen atoms in total. The molecule has 0 atom stereocenters. The lowest BCUT2D eigenvalue weighted by atomic mass is 10.1. The maximum absolute atomic E-state index is 10.4. The average molecular weight is 215 g/mol. The maximum Gasteiger partial charge on any atom is 0.524 e. The van der Waals surface area contributed by atoms with Crippen LogP contribution in [0, 0.1) is 5.92 Å². The van der Waals surface area contributed by atoms with Crippen LogP contribution in [0.15, 0.2) is 11.3 Å². The van der Waals surface area contributed by atoms with E-state index in [-0.39, 0.29) is 11.7 Å². The Balaban J connectivity index is 4.13. The summed E-state index contributed by atoms with van der Waals surface area (Å²) in [5.74, 6) is 0.349. The number of hydrogen-bond acceptors (Lipinski definition) is 2. The number of allylic oxidation sites excluding steroid dienone is 1. The van der Waals surface area contributed by atoms with Crippen molar-refractivity contribution in [2.24, 2.45) is 5.92 Å². The first-order valence-corrected chi connectivity index (χ1v) is 5.36. The molecule has 12 heavy (non-hydrogen) atoms. The van der Waals surface area contributed by atoms with Gasteiger partial charge in [0, 0.05) is 12.0 Å². The van der Waals surface area contributed by atoms with Crippen molar-refractivity contribution in [3.63, 3.8) is 0 Å².